The van der Waals surface area contributed by atoms with E-state index in [4.69, 9.17) is 0 Å². The minimum Gasteiger partial charge on any atom is -0.309 e. The SMILES string of the molecule is c1ccc(-c2cc(-c3ccccc3-c3ccccc3)cc(-n3c4ccccc4c4c(-n5c6ccccc6c6c([Si](c7ccccc7)(c7ccccc7)c7ccccc7)cccc65)cccc43)c2)cc1. The highest BCUT2D eigenvalue weighted by Gasteiger charge is 2.43. The van der Waals surface area contributed by atoms with Crippen LogP contribution in [0.15, 0.2) is 279 Å². The summed E-state index contributed by atoms with van der Waals surface area (Å²) < 4.78 is 5.04. The molecule has 13 aromatic rings. The highest BCUT2D eigenvalue weighted by atomic mass is 28.3. The molecule has 324 valence electrons. The summed E-state index contributed by atoms with van der Waals surface area (Å²) in [5.74, 6) is 0. The van der Waals surface area contributed by atoms with Gasteiger partial charge in [-0.15, -0.1) is 0 Å². The molecule has 0 unspecified atom stereocenters. The Morgan fingerprint density at radius 3 is 1.28 bits per heavy atom. The molecule has 0 spiro atoms. The van der Waals surface area contributed by atoms with Gasteiger partial charge < -0.3 is 9.13 Å². The molecule has 0 aliphatic rings. The summed E-state index contributed by atoms with van der Waals surface area (Å²) in [7, 11) is -2.92. The molecule has 0 fully saturated rings. The van der Waals surface area contributed by atoms with Crippen molar-refractivity contribution in [2.75, 3.05) is 0 Å². The third-order valence-corrected chi connectivity index (χ3v) is 19.1. The van der Waals surface area contributed by atoms with Gasteiger partial charge in [-0.3, -0.25) is 0 Å². The van der Waals surface area contributed by atoms with Crippen LogP contribution >= 0.6 is 0 Å². The molecule has 0 amide bonds. The second-order valence-electron chi connectivity index (χ2n) is 18.0. The van der Waals surface area contributed by atoms with Crippen LogP contribution in [0.1, 0.15) is 0 Å². The van der Waals surface area contributed by atoms with Gasteiger partial charge in [-0.2, -0.15) is 0 Å². The molecule has 69 heavy (non-hydrogen) atoms. The molecule has 2 aromatic heterocycles. The summed E-state index contributed by atoms with van der Waals surface area (Å²) in [6.07, 6.45) is 0. The van der Waals surface area contributed by atoms with Crippen molar-refractivity contribution in [3.8, 4) is 44.8 Å². The minimum atomic E-state index is -2.92. The number of para-hydroxylation sites is 2. The standard InChI is InChI=1S/C66H46N2Si/c1-6-24-47(25-7-1)49-44-50(56-35-17-16-34-55(56)48-26-8-2-9-27-48)46-51(45-49)67-59-38-20-18-36-57(59)65-61(67)40-22-41-62(65)68-60-39-21-19-37-58(60)66-63(68)42-23-43-64(66)69(52-28-10-3-11-29-52,53-30-12-4-13-31-53)54-32-14-5-15-33-54/h1-46H. The summed E-state index contributed by atoms with van der Waals surface area (Å²) in [4.78, 5) is 0. The van der Waals surface area contributed by atoms with Gasteiger partial charge in [-0.05, 0) is 103 Å². The molecule has 0 saturated heterocycles. The van der Waals surface area contributed by atoms with Crippen molar-refractivity contribution in [2.45, 2.75) is 0 Å². The zero-order valence-electron chi connectivity index (χ0n) is 38.0. The Labute approximate surface area is 403 Å². The van der Waals surface area contributed by atoms with E-state index >= 15 is 0 Å². The van der Waals surface area contributed by atoms with Gasteiger partial charge in [0.05, 0.1) is 27.8 Å². The van der Waals surface area contributed by atoms with Crippen LogP contribution in [0, 0.1) is 0 Å². The third kappa shape index (κ3) is 6.54. The Kier molecular flexibility index (Phi) is 9.88. The third-order valence-electron chi connectivity index (χ3n) is 14.2. The first kappa shape index (κ1) is 40.5. The molecule has 2 heterocycles. The maximum Gasteiger partial charge on any atom is 0.180 e. The second-order valence-corrected chi connectivity index (χ2v) is 21.7. The number of fused-ring (bicyclic) bond motifs is 6. The van der Waals surface area contributed by atoms with E-state index in [1.807, 2.05) is 0 Å². The molecular formula is C66H46N2Si. The zero-order valence-corrected chi connectivity index (χ0v) is 39.0. The van der Waals surface area contributed by atoms with E-state index in [2.05, 4.69) is 288 Å². The monoisotopic (exact) mass is 894 g/mol. The van der Waals surface area contributed by atoms with E-state index in [0.29, 0.717) is 0 Å². The van der Waals surface area contributed by atoms with Crippen LogP contribution in [0.2, 0.25) is 0 Å². The van der Waals surface area contributed by atoms with Crippen LogP contribution in [-0.2, 0) is 0 Å². The van der Waals surface area contributed by atoms with Gasteiger partial charge in [-0.25, -0.2) is 0 Å². The van der Waals surface area contributed by atoms with Crippen molar-refractivity contribution in [1.82, 2.24) is 9.13 Å². The van der Waals surface area contributed by atoms with Crippen molar-refractivity contribution >= 4 is 72.4 Å². The minimum absolute atomic E-state index is 1.12. The summed E-state index contributed by atoms with van der Waals surface area (Å²) >= 11 is 0. The van der Waals surface area contributed by atoms with Gasteiger partial charge in [0.2, 0.25) is 0 Å². The Bertz CT molecular complexity index is 3890. The lowest BCUT2D eigenvalue weighted by molar-refractivity contribution is 1.17. The summed E-state index contributed by atoms with van der Waals surface area (Å²) in [6.45, 7) is 0. The van der Waals surface area contributed by atoms with Gasteiger partial charge >= 0.3 is 0 Å². The van der Waals surface area contributed by atoms with Gasteiger partial charge in [0.1, 0.15) is 0 Å². The average molecular weight is 895 g/mol. The molecule has 0 atom stereocenters. The van der Waals surface area contributed by atoms with Crippen LogP contribution in [0.4, 0.5) is 0 Å². The lowest BCUT2D eigenvalue weighted by Crippen LogP contribution is -2.74. The van der Waals surface area contributed by atoms with Crippen molar-refractivity contribution in [1.29, 1.82) is 0 Å². The molecular weight excluding hydrogens is 849 g/mol. The normalized spacial score (nSPS) is 11.8. The van der Waals surface area contributed by atoms with Gasteiger partial charge in [0.15, 0.2) is 8.07 Å². The molecule has 0 saturated carbocycles. The van der Waals surface area contributed by atoms with Crippen molar-refractivity contribution in [3.05, 3.63) is 279 Å². The molecule has 0 aliphatic carbocycles. The van der Waals surface area contributed by atoms with Crippen molar-refractivity contribution < 1.29 is 0 Å². The van der Waals surface area contributed by atoms with Crippen LogP contribution in [0.5, 0.6) is 0 Å². The largest absolute Gasteiger partial charge is 0.309 e. The van der Waals surface area contributed by atoms with Gasteiger partial charge in [0.25, 0.3) is 0 Å². The number of hydrogen-bond donors (Lipinski definition) is 0. The lowest BCUT2D eigenvalue weighted by Gasteiger charge is -2.35. The molecule has 0 N–H and O–H groups in total. The van der Waals surface area contributed by atoms with Crippen LogP contribution in [0.3, 0.4) is 0 Å². The highest BCUT2D eigenvalue weighted by Crippen LogP contribution is 2.42. The topological polar surface area (TPSA) is 9.86 Å². The number of nitrogens with zero attached hydrogens (tertiary/aromatic N) is 2. The smallest absolute Gasteiger partial charge is 0.180 e. The molecule has 0 bridgehead atoms. The predicted octanol–water partition coefficient (Wildman–Crippen LogP) is 14.3. The van der Waals surface area contributed by atoms with Crippen molar-refractivity contribution in [3.63, 3.8) is 0 Å². The van der Waals surface area contributed by atoms with E-state index in [9.17, 15) is 0 Å². The average Bonchev–Trinajstić information content (AvgIpc) is 3.96. The fraction of sp³-hybridized carbons (Fsp3) is 0. The molecule has 2 nitrogen and oxygen atoms in total. The fourth-order valence-corrected chi connectivity index (χ4v) is 16.4. The Morgan fingerprint density at radius 1 is 0.261 bits per heavy atom. The zero-order chi connectivity index (χ0) is 45.7. The Hall–Kier alpha value is -8.76. The summed E-state index contributed by atoms with van der Waals surface area (Å²) in [5.41, 5.74) is 14.1. The first-order valence-corrected chi connectivity index (χ1v) is 25.8. The second kappa shape index (κ2) is 16.8. The van der Waals surface area contributed by atoms with E-state index in [1.165, 1.54) is 86.7 Å². The molecule has 13 rings (SSSR count). The molecule has 0 radical (unpaired) electrons. The fourth-order valence-electron chi connectivity index (χ4n) is 11.4. The summed E-state index contributed by atoms with van der Waals surface area (Å²) in [5, 5.41) is 10.4. The molecule has 11 aromatic carbocycles. The summed E-state index contributed by atoms with van der Waals surface area (Å²) in [6, 6.07) is 103. The molecule has 0 aliphatic heterocycles. The number of benzene rings is 11. The Balaban J connectivity index is 1.11. The van der Waals surface area contributed by atoms with E-state index in [0.717, 1.165) is 22.4 Å². The maximum atomic E-state index is 2.55. The van der Waals surface area contributed by atoms with Gasteiger partial charge in [-0.1, -0.05) is 231 Å². The first-order valence-electron chi connectivity index (χ1n) is 23.8. The number of aromatic nitrogens is 2. The molecule has 3 heteroatoms. The van der Waals surface area contributed by atoms with Crippen LogP contribution in [0.25, 0.3) is 88.4 Å². The van der Waals surface area contributed by atoms with E-state index in [-0.39, 0.29) is 0 Å². The van der Waals surface area contributed by atoms with Gasteiger partial charge in [0, 0.05) is 27.2 Å². The lowest BCUT2D eigenvalue weighted by atomic mass is 9.92. The van der Waals surface area contributed by atoms with E-state index in [1.54, 1.807) is 0 Å². The van der Waals surface area contributed by atoms with Crippen LogP contribution in [-0.4, -0.2) is 17.2 Å². The van der Waals surface area contributed by atoms with Crippen molar-refractivity contribution in [2.24, 2.45) is 0 Å². The Morgan fingerprint density at radius 2 is 0.681 bits per heavy atom. The number of hydrogen-bond acceptors (Lipinski definition) is 0. The number of rotatable bonds is 9. The predicted molar refractivity (Wildman–Crippen MR) is 295 cm³/mol. The van der Waals surface area contributed by atoms with E-state index < -0.39 is 8.07 Å². The first-order chi connectivity index (χ1) is 34.3. The highest BCUT2D eigenvalue weighted by molar-refractivity contribution is 7.20. The quantitative estimate of drug-likeness (QED) is 0.101. The maximum absolute atomic E-state index is 2.92. The van der Waals surface area contributed by atoms with Crippen LogP contribution < -0.4 is 20.7 Å².